The van der Waals surface area contributed by atoms with Crippen molar-refractivity contribution in [3.8, 4) is 0 Å². The third-order valence-corrected chi connectivity index (χ3v) is 3.90. The molecule has 0 saturated carbocycles. The summed E-state index contributed by atoms with van der Waals surface area (Å²) in [5, 5.41) is 3.29. The smallest absolute Gasteiger partial charge is 0.222 e. The zero-order valence-electron chi connectivity index (χ0n) is 13.2. The summed E-state index contributed by atoms with van der Waals surface area (Å²) in [7, 11) is 1.69. The summed E-state index contributed by atoms with van der Waals surface area (Å²) in [6.45, 7) is 3.50. The zero-order chi connectivity index (χ0) is 16.1. The average molecular weight is 318 g/mol. The Balaban J connectivity index is 1.67. The van der Waals surface area contributed by atoms with Crippen molar-refractivity contribution in [2.75, 3.05) is 38.0 Å². The fourth-order valence-electron chi connectivity index (χ4n) is 2.62. The minimum absolute atomic E-state index is 0.282. The molecule has 0 aliphatic carbocycles. The summed E-state index contributed by atoms with van der Waals surface area (Å²) in [6.07, 6.45) is 4.60. The SMILES string of the molecule is COCCn1cncc1CNc1cc([C@H]2CCOC2)nc(N)n1. The predicted octanol–water partition coefficient (Wildman–Crippen LogP) is 1.02. The lowest BCUT2D eigenvalue weighted by Gasteiger charge is -2.12. The van der Waals surface area contributed by atoms with Gasteiger partial charge in [-0.05, 0) is 6.42 Å². The van der Waals surface area contributed by atoms with E-state index in [1.165, 1.54) is 0 Å². The van der Waals surface area contributed by atoms with Crippen LogP contribution < -0.4 is 11.1 Å². The van der Waals surface area contributed by atoms with E-state index in [9.17, 15) is 0 Å². The van der Waals surface area contributed by atoms with Gasteiger partial charge in [0.2, 0.25) is 5.95 Å². The van der Waals surface area contributed by atoms with E-state index in [-0.39, 0.29) is 5.95 Å². The van der Waals surface area contributed by atoms with Crippen LogP contribution in [-0.4, -0.2) is 46.4 Å². The van der Waals surface area contributed by atoms with Crippen LogP contribution >= 0.6 is 0 Å². The summed E-state index contributed by atoms with van der Waals surface area (Å²) in [5.74, 6) is 1.30. The number of nitrogens with two attached hydrogens (primary N) is 1. The highest BCUT2D eigenvalue weighted by molar-refractivity contribution is 5.42. The third kappa shape index (κ3) is 3.96. The molecule has 0 amide bonds. The van der Waals surface area contributed by atoms with Gasteiger partial charge in [0.1, 0.15) is 5.82 Å². The van der Waals surface area contributed by atoms with Crippen LogP contribution in [0.4, 0.5) is 11.8 Å². The van der Waals surface area contributed by atoms with Crippen LogP contribution in [0.1, 0.15) is 23.7 Å². The second-order valence-electron chi connectivity index (χ2n) is 5.52. The molecule has 0 spiro atoms. The number of nitrogens with zero attached hydrogens (tertiary/aromatic N) is 4. The van der Waals surface area contributed by atoms with Crippen LogP contribution in [0, 0.1) is 0 Å². The second kappa shape index (κ2) is 7.38. The highest BCUT2D eigenvalue weighted by Crippen LogP contribution is 2.25. The Labute approximate surface area is 135 Å². The van der Waals surface area contributed by atoms with Gasteiger partial charge in [0, 0.05) is 38.4 Å². The lowest BCUT2D eigenvalue weighted by atomic mass is 10.0. The molecule has 0 bridgehead atoms. The maximum absolute atomic E-state index is 5.83. The van der Waals surface area contributed by atoms with Crippen LogP contribution in [0.15, 0.2) is 18.6 Å². The van der Waals surface area contributed by atoms with Gasteiger partial charge in [0.25, 0.3) is 0 Å². The van der Waals surface area contributed by atoms with E-state index in [0.717, 1.165) is 36.8 Å². The molecule has 1 aliphatic rings. The van der Waals surface area contributed by atoms with Gasteiger partial charge in [0.15, 0.2) is 0 Å². The number of hydrogen-bond acceptors (Lipinski definition) is 7. The Morgan fingerprint density at radius 1 is 1.48 bits per heavy atom. The van der Waals surface area contributed by atoms with Crippen molar-refractivity contribution in [2.45, 2.75) is 25.4 Å². The molecule has 8 nitrogen and oxygen atoms in total. The van der Waals surface area contributed by atoms with Crippen molar-refractivity contribution in [3.05, 3.63) is 30.0 Å². The topological polar surface area (TPSA) is 100 Å². The van der Waals surface area contributed by atoms with E-state index in [4.69, 9.17) is 15.2 Å². The zero-order valence-corrected chi connectivity index (χ0v) is 13.2. The molecule has 3 N–H and O–H groups in total. The number of anilines is 2. The minimum atomic E-state index is 0.282. The molecule has 23 heavy (non-hydrogen) atoms. The molecule has 1 fully saturated rings. The van der Waals surface area contributed by atoms with Gasteiger partial charge < -0.3 is 25.1 Å². The molecule has 3 heterocycles. The van der Waals surface area contributed by atoms with Crippen LogP contribution in [0.25, 0.3) is 0 Å². The first-order valence-corrected chi connectivity index (χ1v) is 7.70. The fraction of sp³-hybridized carbons (Fsp3) is 0.533. The standard InChI is InChI=1S/C15H22N6O2/c1-22-5-3-21-10-17-7-12(21)8-18-14-6-13(19-15(16)20-14)11-2-4-23-9-11/h6-7,10-11H,2-5,8-9H2,1H3,(H3,16,18,19,20)/t11-/m0/s1. The first kappa shape index (κ1) is 15.7. The molecular formula is C15H22N6O2. The van der Waals surface area contributed by atoms with E-state index in [0.29, 0.717) is 25.7 Å². The number of methoxy groups -OCH3 is 1. The van der Waals surface area contributed by atoms with E-state index >= 15 is 0 Å². The first-order valence-electron chi connectivity index (χ1n) is 7.70. The second-order valence-corrected chi connectivity index (χ2v) is 5.52. The van der Waals surface area contributed by atoms with Gasteiger partial charge in [-0.1, -0.05) is 0 Å². The molecule has 1 saturated heterocycles. The molecule has 124 valence electrons. The van der Waals surface area contributed by atoms with Crippen LogP contribution in [-0.2, 0) is 22.6 Å². The van der Waals surface area contributed by atoms with E-state index in [1.54, 1.807) is 13.4 Å². The van der Waals surface area contributed by atoms with Crippen molar-refractivity contribution in [1.29, 1.82) is 0 Å². The number of nitrogen functional groups attached to an aromatic ring is 1. The van der Waals surface area contributed by atoms with E-state index in [1.807, 2.05) is 16.8 Å². The van der Waals surface area contributed by atoms with Crippen molar-refractivity contribution >= 4 is 11.8 Å². The molecule has 0 aromatic carbocycles. The Bertz CT molecular complexity index is 639. The monoisotopic (exact) mass is 318 g/mol. The lowest BCUT2D eigenvalue weighted by molar-refractivity contribution is 0.186. The Hall–Kier alpha value is -2.19. The largest absolute Gasteiger partial charge is 0.383 e. The van der Waals surface area contributed by atoms with Crippen molar-refractivity contribution in [2.24, 2.45) is 0 Å². The maximum Gasteiger partial charge on any atom is 0.222 e. The summed E-state index contributed by atoms with van der Waals surface area (Å²) in [4.78, 5) is 12.8. The molecule has 1 atom stereocenters. The highest BCUT2D eigenvalue weighted by atomic mass is 16.5. The molecule has 0 unspecified atom stereocenters. The van der Waals surface area contributed by atoms with Gasteiger partial charge >= 0.3 is 0 Å². The van der Waals surface area contributed by atoms with Gasteiger partial charge in [-0.2, -0.15) is 4.98 Å². The third-order valence-electron chi connectivity index (χ3n) is 3.90. The fourth-order valence-corrected chi connectivity index (χ4v) is 2.62. The Morgan fingerprint density at radius 2 is 2.39 bits per heavy atom. The lowest BCUT2D eigenvalue weighted by Crippen LogP contribution is -2.12. The van der Waals surface area contributed by atoms with Gasteiger partial charge in [-0.15, -0.1) is 0 Å². The highest BCUT2D eigenvalue weighted by Gasteiger charge is 2.20. The first-order chi connectivity index (χ1) is 11.3. The molecule has 3 rings (SSSR count). The van der Waals surface area contributed by atoms with Gasteiger partial charge in [-0.3, -0.25) is 0 Å². The van der Waals surface area contributed by atoms with Crippen LogP contribution in [0.2, 0.25) is 0 Å². The Morgan fingerprint density at radius 3 is 3.17 bits per heavy atom. The van der Waals surface area contributed by atoms with Crippen molar-refractivity contribution in [1.82, 2.24) is 19.5 Å². The number of rotatable bonds is 7. The number of nitrogens with one attached hydrogen (secondary N) is 1. The number of ether oxygens (including phenoxy) is 2. The summed E-state index contributed by atoms with van der Waals surface area (Å²) in [5.41, 5.74) is 7.83. The summed E-state index contributed by atoms with van der Waals surface area (Å²) < 4.78 is 12.6. The quantitative estimate of drug-likeness (QED) is 0.786. The van der Waals surface area contributed by atoms with Crippen LogP contribution in [0.3, 0.4) is 0 Å². The predicted molar refractivity (Wildman–Crippen MR) is 86.1 cm³/mol. The molecule has 2 aromatic rings. The van der Waals surface area contributed by atoms with E-state index < -0.39 is 0 Å². The van der Waals surface area contributed by atoms with Gasteiger partial charge in [-0.25, -0.2) is 9.97 Å². The van der Waals surface area contributed by atoms with Crippen LogP contribution in [0.5, 0.6) is 0 Å². The number of imidazole rings is 1. The molecule has 1 aliphatic heterocycles. The van der Waals surface area contributed by atoms with E-state index in [2.05, 4.69) is 20.3 Å². The molecule has 8 heteroatoms. The van der Waals surface area contributed by atoms with Crippen molar-refractivity contribution in [3.63, 3.8) is 0 Å². The number of aromatic nitrogens is 4. The molecular weight excluding hydrogens is 296 g/mol. The summed E-state index contributed by atoms with van der Waals surface area (Å²) in [6, 6.07) is 1.95. The minimum Gasteiger partial charge on any atom is -0.383 e. The summed E-state index contributed by atoms with van der Waals surface area (Å²) >= 11 is 0. The van der Waals surface area contributed by atoms with Gasteiger partial charge in [0.05, 0.1) is 37.5 Å². The molecule has 2 aromatic heterocycles. The average Bonchev–Trinajstić information content (AvgIpc) is 3.22. The molecule has 0 radical (unpaired) electrons. The maximum atomic E-state index is 5.83. The Kier molecular flexibility index (Phi) is 5.04. The normalized spacial score (nSPS) is 17.5. The number of hydrogen-bond donors (Lipinski definition) is 2. The van der Waals surface area contributed by atoms with Crippen molar-refractivity contribution < 1.29 is 9.47 Å².